The molecule has 0 saturated carbocycles. The second-order valence-corrected chi connectivity index (χ2v) is 5.24. The van der Waals surface area contributed by atoms with Gasteiger partial charge in [-0.25, -0.2) is 4.98 Å². The number of anilines is 2. The minimum atomic E-state index is -0.380. The Morgan fingerprint density at radius 3 is 2.58 bits per heavy atom. The number of nitrogen functional groups attached to an aromatic ring is 1. The molecule has 5 N–H and O–H groups in total. The minimum Gasteiger partial charge on any atom is -0.424 e. The molecule has 0 aliphatic carbocycles. The van der Waals surface area contributed by atoms with E-state index in [1.807, 2.05) is 6.92 Å². The molecule has 1 heterocycles. The van der Waals surface area contributed by atoms with Crippen molar-refractivity contribution >= 4 is 34.9 Å². The molecule has 9 nitrogen and oxygen atoms in total. The fourth-order valence-electron chi connectivity index (χ4n) is 1.93. The van der Waals surface area contributed by atoms with E-state index < -0.39 is 0 Å². The number of pyridine rings is 1. The topological polar surface area (TPSA) is 145 Å². The molecule has 1 aromatic carbocycles. The molecule has 0 bridgehead atoms. The van der Waals surface area contributed by atoms with Gasteiger partial charge in [0.05, 0.1) is 6.54 Å². The van der Waals surface area contributed by atoms with Crippen LogP contribution in [0.2, 0.25) is 0 Å². The van der Waals surface area contributed by atoms with Gasteiger partial charge < -0.3 is 21.5 Å². The molecule has 2 aromatic rings. The molecule has 0 aliphatic heterocycles. The van der Waals surface area contributed by atoms with Gasteiger partial charge in [0, 0.05) is 6.42 Å². The number of nitrogens with zero attached hydrogens (tertiary/aromatic N) is 3. The Bertz CT molecular complexity index is 822. The zero-order valence-electron chi connectivity index (χ0n) is 14.3. The molecule has 0 fully saturated rings. The number of azo groups is 1. The zero-order chi connectivity index (χ0) is 18.9. The highest BCUT2D eigenvalue weighted by molar-refractivity contribution is 5.91. The summed E-state index contributed by atoms with van der Waals surface area (Å²) >= 11 is 0. The Hall–Kier alpha value is -3.33. The maximum atomic E-state index is 11.7. The van der Waals surface area contributed by atoms with Gasteiger partial charge in [-0.2, -0.15) is 0 Å². The van der Waals surface area contributed by atoms with Crippen LogP contribution in [0.4, 0.5) is 23.0 Å². The smallest absolute Gasteiger partial charge is 0.311 e. The Kier molecular flexibility index (Phi) is 6.75. The van der Waals surface area contributed by atoms with Crippen LogP contribution in [0, 0.1) is 0 Å². The quantitative estimate of drug-likeness (QED) is 0.395. The second kappa shape index (κ2) is 9.23. The van der Waals surface area contributed by atoms with Crippen molar-refractivity contribution in [3.8, 4) is 5.75 Å². The Morgan fingerprint density at radius 2 is 1.88 bits per heavy atom. The van der Waals surface area contributed by atoms with Crippen LogP contribution in [0.1, 0.15) is 19.8 Å². The average molecular weight is 356 g/mol. The molecule has 1 aromatic heterocycles. The molecule has 9 heteroatoms. The Balaban J connectivity index is 2.17. The van der Waals surface area contributed by atoms with Gasteiger partial charge in [-0.15, -0.1) is 10.2 Å². The summed E-state index contributed by atoms with van der Waals surface area (Å²) in [6, 6.07) is 9.87. The summed E-state index contributed by atoms with van der Waals surface area (Å²) in [5, 5.41) is 10.6. The second-order valence-electron chi connectivity index (χ2n) is 5.24. The van der Waals surface area contributed by atoms with Crippen molar-refractivity contribution in [2.24, 2.45) is 16.0 Å². The first-order valence-corrected chi connectivity index (χ1v) is 8.01. The number of hydrogen-bond acceptors (Lipinski definition) is 8. The highest BCUT2D eigenvalue weighted by Gasteiger charge is 2.09. The number of nitrogens with two attached hydrogens (primary N) is 2. The normalized spacial score (nSPS) is 10.7. The molecule has 26 heavy (non-hydrogen) atoms. The minimum absolute atomic E-state index is 0.0871. The standard InChI is InChI=1S/C17H20N6O3/c1-2-5-16(25)26-13-7-4-3-6-11(13)22-23-12-8-9-14(21-17(12)19)20-15(24)10-18/h3-4,6-9H,2,5,10,18H2,1H3,(H3,19,20,21,24)/b23-22+. The Morgan fingerprint density at radius 1 is 1.15 bits per heavy atom. The number of benzene rings is 1. The number of para-hydroxylation sites is 1. The van der Waals surface area contributed by atoms with Crippen LogP contribution in [-0.2, 0) is 9.59 Å². The fourth-order valence-corrected chi connectivity index (χ4v) is 1.93. The summed E-state index contributed by atoms with van der Waals surface area (Å²) in [6.45, 7) is 1.73. The fraction of sp³-hybridized carbons (Fsp3) is 0.235. The molecule has 136 valence electrons. The third-order valence-electron chi connectivity index (χ3n) is 3.16. The van der Waals surface area contributed by atoms with Gasteiger partial charge in [-0.3, -0.25) is 9.59 Å². The molecule has 1 amide bonds. The third kappa shape index (κ3) is 5.35. The van der Waals surface area contributed by atoms with Crippen LogP contribution in [0.15, 0.2) is 46.6 Å². The first kappa shape index (κ1) is 19.0. The summed E-state index contributed by atoms with van der Waals surface area (Å²) in [5.41, 5.74) is 11.8. The zero-order valence-corrected chi connectivity index (χ0v) is 14.3. The van der Waals surface area contributed by atoms with Crippen molar-refractivity contribution in [2.45, 2.75) is 19.8 Å². The van der Waals surface area contributed by atoms with Gasteiger partial charge in [-0.1, -0.05) is 19.1 Å². The molecule has 0 aliphatic rings. The Labute approximate surface area is 150 Å². The molecular formula is C17H20N6O3. The molecule has 2 rings (SSSR count). The summed E-state index contributed by atoms with van der Waals surface area (Å²) in [4.78, 5) is 27.0. The predicted octanol–water partition coefficient (Wildman–Crippen LogP) is 2.68. The lowest BCUT2D eigenvalue weighted by Crippen LogP contribution is -2.22. The van der Waals surface area contributed by atoms with Crippen molar-refractivity contribution in [3.63, 3.8) is 0 Å². The molecule has 0 radical (unpaired) electrons. The van der Waals surface area contributed by atoms with Gasteiger partial charge in [0.1, 0.15) is 17.2 Å². The number of carbonyl (C=O) groups excluding carboxylic acids is 2. The molecule has 0 spiro atoms. The van der Waals surface area contributed by atoms with E-state index in [1.54, 1.807) is 30.3 Å². The molecule has 0 atom stereocenters. The van der Waals surface area contributed by atoms with Gasteiger partial charge >= 0.3 is 5.97 Å². The lowest BCUT2D eigenvalue weighted by atomic mass is 10.3. The van der Waals surface area contributed by atoms with E-state index in [4.69, 9.17) is 16.2 Å². The van der Waals surface area contributed by atoms with E-state index in [1.165, 1.54) is 6.07 Å². The van der Waals surface area contributed by atoms with Gasteiger partial charge in [-0.05, 0) is 30.7 Å². The van der Waals surface area contributed by atoms with Crippen LogP contribution in [0.3, 0.4) is 0 Å². The SMILES string of the molecule is CCCC(=O)Oc1ccccc1/N=N/c1ccc(NC(=O)CN)nc1N. The van der Waals surface area contributed by atoms with Crippen LogP contribution in [-0.4, -0.2) is 23.4 Å². The van der Waals surface area contributed by atoms with E-state index in [9.17, 15) is 9.59 Å². The summed E-state index contributed by atoms with van der Waals surface area (Å²) in [5.74, 6) is -0.0479. The number of amides is 1. The van der Waals surface area contributed by atoms with Crippen molar-refractivity contribution in [1.82, 2.24) is 4.98 Å². The maximum absolute atomic E-state index is 11.7. The molecule has 0 saturated heterocycles. The lowest BCUT2D eigenvalue weighted by Gasteiger charge is -2.06. The van der Waals surface area contributed by atoms with E-state index in [-0.39, 0.29) is 30.1 Å². The highest BCUT2D eigenvalue weighted by Crippen LogP contribution is 2.30. The first-order chi connectivity index (χ1) is 12.5. The number of aromatic nitrogens is 1. The van der Waals surface area contributed by atoms with Crippen molar-refractivity contribution in [1.29, 1.82) is 0 Å². The van der Waals surface area contributed by atoms with Crippen LogP contribution < -0.4 is 21.5 Å². The van der Waals surface area contributed by atoms with Gasteiger partial charge in [0.2, 0.25) is 5.91 Å². The van der Waals surface area contributed by atoms with E-state index in [2.05, 4.69) is 20.5 Å². The third-order valence-corrected chi connectivity index (χ3v) is 3.16. The number of ether oxygens (including phenoxy) is 1. The number of hydrogen-bond donors (Lipinski definition) is 3. The van der Waals surface area contributed by atoms with Crippen LogP contribution in [0.5, 0.6) is 5.75 Å². The number of carbonyl (C=O) groups is 2. The summed E-state index contributed by atoms with van der Waals surface area (Å²) in [6.07, 6.45) is 1.01. The highest BCUT2D eigenvalue weighted by atomic mass is 16.5. The van der Waals surface area contributed by atoms with Crippen molar-refractivity contribution in [3.05, 3.63) is 36.4 Å². The monoisotopic (exact) mass is 356 g/mol. The number of esters is 1. The molecular weight excluding hydrogens is 336 g/mol. The lowest BCUT2D eigenvalue weighted by molar-refractivity contribution is -0.134. The van der Waals surface area contributed by atoms with Crippen molar-refractivity contribution in [2.75, 3.05) is 17.6 Å². The maximum Gasteiger partial charge on any atom is 0.311 e. The van der Waals surface area contributed by atoms with E-state index in [0.29, 0.717) is 30.0 Å². The summed E-state index contributed by atoms with van der Waals surface area (Å²) < 4.78 is 5.28. The van der Waals surface area contributed by atoms with Gasteiger partial charge in [0.15, 0.2) is 11.6 Å². The predicted molar refractivity (Wildman–Crippen MR) is 97.5 cm³/mol. The first-order valence-electron chi connectivity index (χ1n) is 8.01. The average Bonchev–Trinajstić information content (AvgIpc) is 2.62. The van der Waals surface area contributed by atoms with Crippen LogP contribution in [0.25, 0.3) is 0 Å². The van der Waals surface area contributed by atoms with E-state index >= 15 is 0 Å². The van der Waals surface area contributed by atoms with Gasteiger partial charge in [0.25, 0.3) is 0 Å². The van der Waals surface area contributed by atoms with Crippen molar-refractivity contribution < 1.29 is 14.3 Å². The number of nitrogens with one attached hydrogen (secondary N) is 1. The van der Waals surface area contributed by atoms with Crippen LogP contribution >= 0.6 is 0 Å². The molecule has 0 unspecified atom stereocenters. The largest absolute Gasteiger partial charge is 0.424 e. The van der Waals surface area contributed by atoms with E-state index in [0.717, 1.165) is 0 Å². The number of rotatable bonds is 7. The summed E-state index contributed by atoms with van der Waals surface area (Å²) in [7, 11) is 0.